The lowest BCUT2D eigenvalue weighted by atomic mass is 9.98. The molecule has 0 saturated carbocycles. The van der Waals surface area contributed by atoms with Crippen LogP contribution in [0.1, 0.15) is 27.0 Å². The Kier molecular flexibility index (Phi) is 5.07. The second-order valence-electron chi connectivity index (χ2n) is 6.95. The smallest absolute Gasteiger partial charge is 0.340 e. The summed E-state index contributed by atoms with van der Waals surface area (Å²) in [6, 6.07) is 5.40. The number of rotatable bonds is 5. The van der Waals surface area contributed by atoms with E-state index < -0.39 is 5.97 Å². The number of carbonyl (C=O) groups is 1. The van der Waals surface area contributed by atoms with Crippen LogP contribution < -0.4 is 23.7 Å². The van der Waals surface area contributed by atoms with Crippen LogP contribution >= 0.6 is 0 Å². The Morgan fingerprint density at radius 3 is 2.53 bits per heavy atom. The quantitative estimate of drug-likeness (QED) is 0.800. The van der Waals surface area contributed by atoms with E-state index in [1.54, 1.807) is 19.2 Å². The first kappa shape index (κ1) is 19.8. The van der Waals surface area contributed by atoms with Crippen molar-refractivity contribution in [1.29, 1.82) is 0 Å². The molecule has 0 amide bonds. The number of likely N-dealkylation sites (N-methyl/N-ethyl adjacent to an activating group) is 1. The first-order valence-corrected chi connectivity index (χ1v) is 9.41. The van der Waals surface area contributed by atoms with Gasteiger partial charge in [0.05, 0.1) is 21.3 Å². The Morgan fingerprint density at radius 1 is 1.10 bits per heavy atom. The van der Waals surface area contributed by atoms with Gasteiger partial charge in [-0.15, -0.1) is 0 Å². The zero-order valence-electron chi connectivity index (χ0n) is 17.3. The summed E-state index contributed by atoms with van der Waals surface area (Å²) in [5, 5.41) is 9.97. The van der Waals surface area contributed by atoms with Crippen LogP contribution in [0.5, 0.6) is 28.7 Å². The molecule has 0 bridgehead atoms. The minimum absolute atomic E-state index is 0.0399. The van der Waals surface area contributed by atoms with Gasteiger partial charge in [-0.3, -0.25) is 0 Å². The summed E-state index contributed by atoms with van der Waals surface area (Å²) >= 11 is 0. The summed E-state index contributed by atoms with van der Waals surface area (Å²) in [5.74, 6) is 1.22. The molecule has 2 aliphatic rings. The summed E-state index contributed by atoms with van der Waals surface area (Å²) in [6.45, 7) is 0.818. The van der Waals surface area contributed by atoms with Crippen LogP contribution in [0, 0.1) is 0 Å². The number of aromatic carboxylic acids is 1. The Morgan fingerprint density at radius 2 is 1.87 bits per heavy atom. The van der Waals surface area contributed by atoms with Gasteiger partial charge in [-0.2, -0.15) is 0 Å². The molecule has 2 aromatic carbocycles. The molecule has 0 unspecified atom stereocenters. The molecule has 2 heterocycles. The highest BCUT2D eigenvalue weighted by molar-refractivity contribution is 6.00. The van der Waals surface area contributed by atoms with Crippen LogP contribution in [0.25, 0.3) is 11.8 Å². The van der Waals surface area contributed by atoms with E-state index in [0.717, 1.165) is 23.2 Å². The number of carboxylic acids is 1. The maximum atomic E-state index is 12.2. The first-order valence-electron chi connectivity index (χ1n) is 9.41. The van der Waals surface area contributed by atoms with Crippen LogP contribution in [0.4, 0.5) is 0 Å². The zero-order chi connectivity index (χ0) is 21.4. The van der Waals surface area contributed by atoms with E-state index in [1.807, 2.05) is 24.1 Å². The largest absolute Gasteiger partial charge is 0.493 e. The van der Waals surface area contributed by atoms with Crippen molar-refractivity contribution in [2.75, 3.05) is 41.7 Å². The van der Waals surface area contributed by atoms with Gasteiger partial charge in [0.1, 0.15) is 5.56 Å². The monoisotopic (exact) mass is 413 g/mol. The Bertz CT molecular complexity index is 1040. The second kappa shape index (κ2) is 7.70. The van der Waals surface area contributed by atoms with Crippen molar-refractivity contribution in [3.8, 4) is 28.7 Å². The number of methoxy groups -OCH3 is 3. The number of hydrogen-bond acceptors (Lipinski definition) is 7. The minimum atomic E-state index is -1.10. The average Bonchev–Trinajstić information content (AvgIpc) is 3.15. The molecular weight excluding hydrogens is 390 g/mol. The van der Waals surface area contributed by atoms with Crippen molar-refractivity contribution in [2.24, 2.45) is 0 Å². The summed E-state index contributed by atoms with van der Waals surface area (Å²) in [7, 11) is 6.41. The molecule has 1 N–H and O–H groups in total. The third-order valence-corrected chi connectivity index (χ3v) is 5.39. The van der Waals surface area contributed by atoms with E-state index in [2.05, 4.69) is 0 Å². The van der Waals surface area contributed by atoms with E-state index in [0.29, 0.717) is 35.1 Å². The number of fused-ring (bicyclic) bond motifs is 2. The molecule has 0 atom stereocenters. The van der Waals surface area contributed by atoms with Crippen molar-refractivity contribution in [1.82, 2.24) is 4.90 Å². The molecule has 0 fully saturated rings. The van der Waals surface area contributed by atoms with Crippen LogP contribution in [0.2, 0.25) is 0 Å². The molecule has 30 heavy (non-hydrogen) atoms. The van der Waals surface area contributed by atoms with E-state index in [-0.39, 0.29) is 18.1 Å². The molecule has 0 aromatic heterocycles. The van der Waals surface area contributed by atoms with Crippen molar-refractivity contribution < 1.29 is 33.6 Å². The molecule has 0 saturated heterocycles. The van der Waals surface area contributed by atoms with Gasteiger partial charge in [0.15, 0.2) is 23.0 Å². The summed E-state index contributed by atoms with van der Waals surface area (Å²) in [5.41, 5.74) is 3.17. The molecule has 2 aliphatic heterocycles. The standard InChI is InChI=1S/C22H23NO7/c1-23-8-7-12-9-17-21(30-11-29-17)19(27-3)14(12)10-15(23)13-5-6-16(26-2)20(28-4)18(13)22(24)25/h5-6,9-10H,7-8,11H2,1-4H3,(H,24,25). The number of nitrogens with zero attached hydrogens (tertiary/aromatic N) is 1. The highest BCUT2D eigenvalue weighted by atomic mass is 16.7. The Balaban J connectivity index is 1.97. The lowest BCUT2D eigenvalue weighted by molar-refractivity contribution is 0.0692. The number of hydrogen-bond donors (Lipinski definition) is 1. The average molecular weight is 413 g/mol. The number of ether oxygens (including phenoxy) is 5. The van der Waals surface area contributed by atoms with E-state index in [4.69, 9.17) is 23.7 Å². The predicted octanol–water partition coefficient (Wildman–Crippen LogP) is 3.13. The van der Waals surface area contributed by atoms with Gasteiger partial charge in [-0.1, -0.05) is 0 Å². The highest BCUT2D eigenvalue weighted by Gasteiger charge is 2.29. The van der Waals surface area contributed by atoms with Crippen LogP contribution in [-0.4, -0.2) is 57.7 Å². The molecule has 0 radical (unpaired) electrons. The van der Waals surface area contributed by atoms with Gasteiger partial charge < -0.3 is 33.7 Å². The fourth-order valence-electron chi connectivity index (χ4n) is 3.94. The van der Waals surface area contributed by atoms with Crippen molar-refractivity contribution in [3.05, 3.63) is 40.5 Å². The Labute approximate surface area is 174 Å². The van der Waals surface area contributed by atoms with Crippen LogP contribution in [0.3, 0.4) is 0 Å². The summed E-state index contributed by atoms with van der Waals surface area (Å²) in [4.78, 5) is 14.2. The van der Waals surface area contributed by atoms with E-state index in [1.165, 1.54) is 14.2 Å². The van der Waals surface area contributed by atoms with Gasteiger partial charge in [0, 0.05) is 30.4 Å². The third kappa shape index (κ3) is 3.04. The molecule has 8 nitrogen and oxygen atoms in total. The molecule has 8 heteroatoms. The molecule has 4 rings (SSSR count). The van der Waals surface area contributed by atoms with Crippen LogP contribution in [-0.2, 0) is 6.42 Å². The molecule has 2 aromatic rings. The Hall–Kier alpha value is -3.55. The molecule has 158 valence electrons. The topological polar surface area (TPSA) is 86.7 Å². The molecule has 0 aliphatic carbocycles. The van der Waals surface area contributed by atoms with E-state index in [9.17, 15) is 9.90 Å². The fraction of sp³-hybridized carbons (Fsp3) is 0.318. The summed E-state index contributed by atoms with van der Waals surface area (Å²) in [6.07, 6.45) is 2.66. The van der Waals surface area contributed by atoms with Gasteiger partial charge >= 0.3 is 5.97 Å². The van der Waals surface area contributed by atoms with Crippen molar-refractivity contribution >= 4 is 17.7 Å². The van der Waals surface area contributed by atoms with Crippen molar-refractivity contribution in [2.45, 2.75) is 6.42 Å². The minimum Gasteiger partial charge on any atom is -0.493 e. The number of carboxylic acid groups (broad SMARTS) is 1. The maximum Gasteiger partial charge on any atom is 0.340 e. The van der Waals surface area contributed by atoms with Gasteiger partial charge in [0.2, 0.25) is 12.5 Å². The van der Waals surface area contributed by atoms with Crippen LogP contribution in [0.15, 0.2) is 18.2 Å². The zero-order valence-corrected chi connectivity index (χ0v) is 17.3. The first-order chi connectivity index (χ1) is 14.5. The van der Waals surface area contributed by atoms with Crippen molar-refractivity contribution in [3.63, 3.8) is 0 Å². The lowest BCUT2D eigenvalue weighted by Crippen LogP contribution is -2.20. The van der Waals surface area contributed by atoms with Gasteiger partial charge in [-0.25, -0.2) is 4.79 Å². The lowest BCUT2D eigenvalue weighted by Gasteiger charge is -2.23. The summed E-state index contributed by atoms with van der Waals surface area (Å²) < 4.78 is 27.5. The third-order valence-electron chi connectivity index (χ3n) is 5.39. The predicted molar refractivity (Wildman–Crippen MR) is 110 cm³/mol. The fourth-order valence-corrected chi connectivity index (χ4v) is 3.94. The van der Waals surface area contributed by atoms with Gasteiger partial charge in [-0.05, 0) is 36.3 Å². The molecule has 0 spiro atoms. The highest BCUT2D eigenvalue weighted by Crippen LogP contribution is 2.48. The molecular formula is C22H23NO7. The maximum absolute atomic E-state index is 12.2. The van der Waals surface area contributed by atoms with Gasteiger partial charge in [0.25, 0.3) is 0 Å². The SMILES string of the molecule is COc1ccc(C2=Cc3c(cc4c(c3OC)OCO4)CCN2C)c(C(=O)O)c1OC. The second-order valence-corrected chi connectivity index (χ2v) is 6.95. The number of benzene rings is 2. The van der Waals surface area contributed by atoms with E-state index >= 15 is 0 Å². The normalized spacial score (nSPS) is 14.5.